The first-order valence-corrected chi connectivity index (χ1v) is 7.09. The first kappa shape index (κ1) is 15.5. The second-order valence-corrected chi connectivity index (χ2v) is 5.09. The summed E-state index contributed by atoms with van der Waals surface area (Å²) in [5.41, 5.74) is 1.30. The lowest BCUT2D eigenvalue weighted by molar-refractivity contribution is -0.119. The molecule has 1 aromatic rings. The summed E-state index contributed by atoms with van der Waals surface area (Å²) >= 11 is 0. The molecule has 1 saturated carbocycles. The highest BCUT2D eigenvalue weighted by Crippen LogP contribution is 2.18. The molecule has 1 aromatic carbocycles. The van der Waals surface area contributed by atoms with Gasteiger partial charge in [-0.25, -0.2) is 0 Å². The molecule has 3 N–H and O–H groups in total. The molecule has 0 heterocycles. The van der Waals surface area contributed by atoms with Crippen LogP contribution < -0.4 is 16.0 Å². The molecule has 114 valence electrons. The summed E-state index contributed by atoms with van der Waals surface area (Å²) in [4.78, 5) is 23.2. The summed E-state index contributed by atoms with van der Waals surface area (Å²) in [5, 5.41) is 8.81. The van der Waals surface area contributed by atoms with Gasteiger partial charge in [-0.3, -0.25) is 9.59 Å². The Bertz CT molecular complexity index is 501. The average molecular weight is 291 g/mol. The van der Waals surface area contributed by atoms with E-state index in [-0.39, 0.29) is 18.4 Å². The maximum Gasteiger partial charge on any atom is 0.250 e. The molecule has 2 rings (SSSR count). The van der Waals surface area contributed by atoms with Crippen molar-refractivity contribution in [3.63, 3.8) is 0 Å². The summed E-state index contributed by atoms with van der Waals surface area (Å²) in [6.07, 6.45) is 2.87. The summed E-state index contributed by atoms with van der Waals surface area (Å²) in [7, 11) is 1.46. The second kappa shape index (κ2) is 7.75. The Balaban J connectivity index is 1.78. The van der Waals surface area contributed by atoms with E-state index in [1.165, 1.54) is 20.0 Å². The van der Waals surface area contributed by atoms with Gasteiger partial charge in [0.15, 0.2) is 0 Å². The number of methoxy groups -OCH3 is 1. The summed E-state index contributed by atoms with van der Waals surface area (Å²) in [6, 6.07) is 7.66. The van der Waals surface area contributed by atoms with Gasteiger partial charge in [0, 0.05) is 37.5 Å². The lowest BCUT2D eigenvalue weighted by atomic mass is 10.2. The van der Waals surface area contributed by atoms with Crippen LogP contribution in [-0.4, -0.2) is 38.1 Å². The first-order valence-electron chi connectivity index (χ1n) is 7.09. The van der Waals surface area contributed by atoms with Gasteiger partial charge >= 0.3 is 0 Å². The highest BCUT2D eigenvalue weighted by molar-refractivity contribution is 5.94. The number of rotatable bonds is 8. The molecule has 0 aromatic heterocycles. The molecule has 1 aliphatic rings. The monoisotopic (exact) mass is 291 g/mol. The highest BCUT2D eigenvalue weighted by atomic mass is 16.5. The quantitative estimate of drug-likeness (QED) is 0.675. The van der Waals surface area contributed by atoms with Crippen molar-refractivity contribution in [2.24, 2.45) is 0 Å². The number of carbonyl (C=O) groups excluding carboxylic acids is 2. The lowest BCUT2D eigenvalue weighted by Gasteiger charge is -2.09. The van der Waals surface area contributed by atoms with Gasteiger partial charge in [0.2, 0.25) is 11.8 Å². The Morgan fingerprint density at radius 3 is 2.48 bits per heavy atom. The van der Waals surface area contributed by atoms with Crippen LogP contribution in [0.2, 0.25) is 0 Å². The van der Waals surface area contributed by atoms with Crippen LogP contribution in [-0.2, 0) is 14.3 Å². The van der Waals surface area contributed by atoms with E-state index in [1.54, 1.807) is 24.3 Å². The minimum absolute atomic E-state index is 0.00340. The topological polar surface area (TPSA) is 79.5 Å². The molecular weight excluding hydrogens is 270 g/mol. The third-order valence-corrected chi connectivity index (χ3v) is 3.07. The van der Waals surface area contributed by atoms with Gasteiger partial charge in [-0.1, -0.05) is 6.07 Å². The number of hydrogen-bond acceptors (Lipinski definition) is 4. The van der Waals surface area contributed by atoms with Crippen molar-refractivity contribution in [3.8, 4) is 0 Å². The normalized spacial score (nSPS) is 13.8. The smallest absolute Gasteiger partial charge is 0.250 e. The van der Waals surface area contributed by atoms with Gasteiger partial charge in [0.1, 0.15) is 6.61 Å². The third kappa shape index (κ3) is 5.93. The molecule has 21 heavy (non-hydrogen) atoms. The summed E-state index contributed by atoms with van der Waals surface area (Å²) in [5.74, 6) is -0.266. The van der Waals surface area contributed by atoms with E-state index in [1.807, 2.05) is 0 Å². The van der Waals surface area contributed by atoms with Crippen LogP contribution in [0.4, 0.5) is 11.4 Å². The highest BCUT2D eigenvalue weighted by Gasteiger charge is 2.20. The van der Waals surface area contributed by atoms with E-state index in [4.69, 9.17) is 4.74 Å². The largest absolute Gasteiger partial charge is 0.375 e. The van der Waals surface area contributed by atoms with E-state index < -0.39 is 0 Å². The molecule has 6 heteroatoms. The zero-order valence-corrected chi connectivity index (χ0v) is 12.1. The Morgan fingerprint density at radius 2 is 1.86 bits per heavy atom. The molecule has 0 bridgehead atoms. The summed E-state index contributed by atoms with van der Waals surface area (Å²) in [6.45, 7) is 0.699. The van der Waals surface area contributed by atoms with Crippen LogP contribution in [0.5, 0.6) is 0 Å². The van der Waals surface area contributed by atoms with Gasteiger partial charge < -0.3 is 20.7 Å². The fourth-order valence-corrected chi connectivity index (χ4v) is 1.90. The lowest BCUT2D eigenvalue weighted by Crippen LogP contribution is -2.23. The van der Waals surface area contributed by atoms with Crippen LogP contribution in [0.25, 0.3) is 0 Å². The number of anilines is 2. The van der Waals surface area contributed by atoms with Crippen LogP contribution in [0.15, 0.2) is 24.3 Å². The minimum atomic E-state index is -0.227. The maximum atomic E-state index is 11.8. The van der Waals surface area contributed by atoms with Gasteiger partial charge in [0.05, 0.1) is 0 Å². The Kier molecular flexibility index (Phi) is 5.71. The number of ether oxygens (including phenoxy) is 1. The van der Waals surface area contributed by atoms with E-state index in [9.17, 15) is 9.59 Å². The molecule has 0 saturated heterocycles. The predicted molar refractivity (Wildman–Crippen MR) is 81.2 cm³/mol. The molecule has 0 spiro atoms. The van der Waals surface area contributed by atoms with Crippen LogP contribution >= 0.6 is 0 Å². The molecular formula is C15H21N3O3. The van der Waals surface area contributed by atoms with Crippen molar-refractivity contribution in [3.05, 3.63) is 24.3 Å². The third-order valence-electron chi connectivity index (χ3n) is 3.07. The standard InChI is InChI=1S/C15H21N3O3/c1-21-10-15(20)18-13-4-2-3-12(9-13)17-14(19)7-8-16-11-5-6-11/h2-4,9,11,16H,5-8,10H2,1H3,(H,17,19)(H,18,20). The number of nitrogens with one attached hydrogen (secondary N) is 3. The fraction of sp³-hybridized carbons (Fsp3) is 0.467. The van der Waals surface area contributed by atoms with E-state index in [2.05, 4.69) is 16.0 Å². The van der Waals surface area contributed by atoms with Crippen molar-refractivity contribution in [1.29, 1.82) is 0 Å². The van der Waals surface area contributed by atoms with Gasteiger partial charge in [0.25, 0.3) is 0 Å². The van der Waals surface area contributed by atoms with Crippen molar-refractivity contribution in [2.45, 2.75) is 25.3 Å². The summed E-state index contributed by atoms with van der Waals surface area (Å²) < 4.78 is 4.75. The molecule has 0 aliphatic heterocycles. The Morgan fingerprint density at radius 1 is 1.19 bits per heavy atom. The molecule has 1 fully saturated rings. The van der Waals surface area contributed by atoms with Crippen LogP contribution in [0.3, 0.4) is 0 Å². The Hall–Kier alpha value is -1.92. The number of hydrogen-bond donors (Lipinski definition) is 3. The Labute approximate surface area is 124 Å². The number of benzene rings is 1. The van der Waals surface area contributed by atoms with Crippen molar-refractivity contribution in [1.82, 2.24) is 5.32 Å². The molecule has 0 radical (unpaired) electrons. The van der Waals surface area contributed by atoms with Crippen LogP contribution in [0.1, 0.15) is 19.3 Å². The average Bonchev–Trinajstić information content (AvgIpc) is 3.23. The van der Waals surface area contributed by atoms with Crippen molar-refractivity contribution >= 4 is 23.2 Å². The zero-order chi connectivity index (χ0) is 15.1. The van der Waals surface area contributed by atoms with Crippen molar-refractivity contribution in [2.75, 3.05) is 30.9 Å². The molecule has 2 amide bonds. The van der Waals surface area contributed by atoms with Gasteiger partial charge in [-0.2, -0.15) is 0 Å². The van der Waals surface area contributed by atoms with E-state index >= 15 is 0 Å². The van der Waals surface area contributed by atoms with E-state index in [0.717, 1.165) is 0 Å². The molecule has 0 unspecified atom stereocenters. The number of amides is 2. The number of carbonyl (C=O) groups is 2. The predicted octanol–water partition coefficient (Wildman–Crippen LogP) is 1.35. The minimum Gasteiger partial charge on any atom is -0.375 e. The molecule has 1 aliphatic carbocycles. The van der Waals surface area contributed by atoms with Crippen molar-refractivity contribution < 1.29 is 14.3 Å². The first-order chi connectivity index (χ1) is 10.2. The fourth-order valence-electron chi connectivity index (χ4n) is 1.90. The molecule has 6 nitrogen and oxygen atoms in total. The second-order valence-electron chi connectivity index (χ2n) is 5.09. The van der Waals surface area contributed by atoms with Gasteiger partial charge in [-0.05, 0) is 31.0 Å². The van der Waals surface area contributed by atoms with Gasteiger partial charge in [-0.15, -0.1) is 0 Å². The SMILES string of the molecule is COCC(=O)Nc1cccc(NC(=O)CCNC2CC2)c1. The molecule has 0 atom stereocenters. The van der Waals surface area contributed by atoms with Crippen LogP contribution in [0, 0.1) is 0 Å². The maximum absolute atomic E-state index is 11.8. The zero-order valence-electron chi connectivity index (χ0n) is 12.1. The van der Waals surface area contributed by atoms with E-state index in [0.29, 0.717) is 30.4 Å².